The van der Waals surface area contributed by atoms with Gasteiger partial charge >= 0.3 is 0 Å². The summed E-state index contributed by atoms with van der Waals surface area (Å²) in [6.07, 6.45) is 1.76. The molecule has 1 amide bonds. The molecule has 0 fully saturated rings. The molecule has 0 spiro atoms. The van der Waals surface area contributed by atoms with Crippen molar-refractivity contribution in [1.29, 1.82) is 0 Å². The maximum Gasteiger partial charge on any atom is 0.267 e. The van der Waals surface area contributed by atoms with Crippen LogP contribution in [0.5, 0.6) is 5.75 Å². The SMILES string of the molecule is CCc1ccc(OCc2ccc(C(=O)NS(C)(=O)=O)c(F)c2)cc1. The normalized spacial score (nSPS) is 11.1. The van der Waals surface area contributed by atoms with Gasteiger partial charge in [0.05, 0.1) is 11.8 Å². The second kappa shape index (κ2) is 7.44. The van der Waals surface area contributed by atoms with Gasteiger partial charge in [0.2, 0.25) is 10.0 Å². The molecule has 5 nitrogen and oxygen atoms in total. The fraction of sp³-hybridized carbons (Fsp3) is 0.235. The average Bonchev–Trinajstić information content (AvgIpc) is 2.51. The predicted octanol–water partition coefficient (Wildman–Crippen LogP) is 2.66. The Balaban J connectivity index is 2.04. The van der Waals surface area contributed by atoms with E-state index in [1.165, 1.54) is 17.7 Å². The Hall–Kier alpha value is -2.41. The molecule has 0 aliphatic rings. The van der Waals surface area contributed by atoms with Gasteiger partial charge in [-0.2, -0.15) is 0 Å². The number of hydrogen-bond acceptors (Lipinski definition) is 4. The summed E-state index contributed by atoms with van der Waals surface area (Å²) in [6, 6.07) is 11.5. The van der Waals surface area contributed by atoms with Gasteiger partial charge in [-0.3, -0.25) is 4.79 Å². The molecular formula is C17H18FNO4S. The molecule has 0 aliphatic heterocycles. The summed E-state index contributed by atoms with van der Waals surface area (Å²) < 4.78 is 43.3. The first-order chi connectivity index (χ1) is 11.3. The molecule has 0 heterocycles. The first-order valence-electron chi connectivity index (χ1n) is 7.31. The van der Waals surface area contributed by atoms with Gasteiger partial charge in [-0.1, -0.05) is 25.1 Å². The summed E-state index contributed by atoms with van der Waals surface area (Å²) in [5.41, 5.74) is 1.38. The third-order valence-corrected chi connectivity index (χ3v) is 3.85. The summed E-state index contributed by atoms with van der Waals surface area (Å²) in [7, 11) is -3.74. The van der Waals surface area contributed by atoms with Crippen LogP contribution in [-0.4, -0.2) is 20.6 Å². The van der Waals surface area contributed by atoms with Gasteiger partial charge in [-0.05, 0) is 41.8 Å². The zero-order valence-corrected chi connectivity index (χ0v) is 14.2. The predicted molar refractivity (Wildman–Crippen MR) is 88.9 cm³/mol. The van der Waals surface area contributed by atoms with E-state index in [2.05, 4.69) is 6.92 Å². The van der Waals surface area contributed by atoms with E-state index in [0.717, 1.165) is 18.7 Å². The fourth-order valence-electron chi connectivity index (χ4n) is 2.04. The van der Waals surface area contributed by atoms with Gasteiger partial charge < -0.3 is 4.74 Å². The Labute approximate surface area is 140 Å². The minimum atomic E-state index is -3.74. The van der Waals surface area contributed by atoms with Gasteiger partial charge in [-0.25, -0.2) is 17.5 Å². The van der Waals surface area contributed by atoms with Crippen molar-refractivity contribution >= 4 is 15.9 Å². The number of nitrogens with one attached hydrogen (secondary N) is 1. The highest BCUT2D eigenvalue weighted by molar-refractivity contribution is 7.89. The van der Waals surface area contributed by atoms with Crippen LogP contribution in [0, 0.1) is 5.82 Å². The lowest BCUT2D eigenvalue weighted by Gasteiger charge is -2.09. The van der Waals surface area contributed by atoms with Crippen molar-refractivity contribution in [3.05, 3.63) is 65.0 Å². The average molecular weight is 351 g/mol. The number of ether oxygens (including phenoxy) is 1. The number of aryl methyl sites for hydroxylation is 1. The Kier molecular flexibility index (Phi) is 5.56. The second-order valence-corrected chi connectivity index (χ2v) is 7.05. The van der Waals surface area contributed by atoms with E-state index in [1.807, 2.05) is 24.3 Å². The molecule has 0 unspecified atom stereocenters. The van der Waals surface area contributed by atoms with Crippen molar-refractivity contribution in [3.8, 4) is 5.75 Å². The monoisotopic (exact) mass is 351 g/mol. The number of benzene rings is 2. The van der Waals surface area contributed by atoms with E-state index in [9.17, 15) is 17.6 Å². The van der Waals surface area contributed by atoms with Crippen molar-refractivity contribution in [2.45, 2.75) is 20.0 Å². The van der Waals surface area contributed by atoms with Crippen LogP contribution in [0.2, 0.25) is 0 Å². The first-order valence-corrected chi connectivity index (χ1v) is 9.20. The lowest BCUT2D eigenvalue weighted by Crippen LogP contribution is -2.30. The van der Waals surface area contributed by atoms with Gasteiger partial charge in [0.25, 0.3) is 5.91 Å². The molecule has 2 aromatic rings. The molecule has 2 aromatic carbocycles. The minimum Gasteiger partial charge on any atom is -0.489 e. The van der Waals surface area contributed by atoms with E-state index in [-0.39, 0.29) is 12.2 Å². The third kappa shape index (κ3) is 5.06. The zero-order valence-electron chi connectivity index (χ0n) is 13.4. The highest BCUT2D eigenvalue weighted by atomic mass is 32.2. The number of sulfonamides is 1. The summed E-state index contributed by atoms with van der Waals surface area (Å²) in [4.78, 5) is 11.7. The summed E-state index contributed by atoms with van der Waals surface area (Å²) >= 11 is 0. The van der Waals surface area contributed by atoms with Crippen LogP contribution in [0.3, 0.4) is 0 Å². The zero-order chi connectivity index (χ0) is 17.7. The van der Waals surface area contributed by atoms with Crippen LogP contribution >= 0.6 is 0 Å². The van der Waals surface area contributed by atoms with Crippen molar-refractivity contribution in [2.24, 2.45) is 0 Å². The quantitative estimate of drug-likeness (QED) is 0.868. The minimum absolute atomic E-state index is 0.135. The van der Waals surface area contributed by atoms with Crippen molar-refractivity contribution in [1.82, 2.24) is 4.72 Å². The highest BCUT2D eigenvalue weighted by Crippen LogP contribution is 2.16. The topological polar surface area (TPSA) is 72.5 Å². The van der Waals surface area contributed by atoms with Gasteiger partial charge in [-0.15, -0.1) is 0 Å². The van der Waals surface area contributed by atoms with Crippen LogP contribution < -0.4 is 9.46 Å². The van der Waals surface area contributed by atoms with Crippen molar-refractivity contribution < 1.29 is 22.3 Å². The number of carbonyl (C=O) groups is 1. The van der Waals surface area contributed by atoms with Crippen LogP contribution in [0.15, 0.2) is 42.5 Å². The number of amides is 1. The largest absolute Gasteiger partial charge is 0.489 e. The van der Waals surface area contributed by atoms with E-state index < -0.39 is 21.7 Å². The Bertz CT molecular complexity index is 832. The lowest BCUT2D eigenvalue weighted by atomic mass is 10.1. The van der Waals surface area contributed by atoms with Crippen molar-refractivity contribution in [2.75, 3.05) is 6.26 Å². The second-order valence-electron chi connectivity index (χ2n) is 5.30. The molecule has 7 heteroatoms. The molecule has 1 N–H and O–H groups in total. The molecule has 0 aliphatic carbocycles. The molecule has 128 valence electrons. The molecule has 2 rings (SSSR count). The lowest BCUT2D eigenvalue weighted by molar-refractivity contribution is 0.0977. The maximum atomic E-state index is 14.0. The van der Waals surface area contributed by atoms with E-state index in [4.69, 9.17) is 4.74 Å². The van der Waals surface area contributed by atoms with Crippen LogP contribution in [0.25, 0.3) is 0 Å². The molecule has 0 radical (unpaired) electrons. The van der Waals surface area contributed by atoms with Crippen LogP contribution in [-0.2, 0) is 23.1 Å². The Morgan fingerprint density at radius 1 is 1.12 bits per heavy atom. The molecule has 0 saturated heterocycles. The third-order valence-electron chi connectivity index (χ3n) is 3.29. The number of halogens is 1. The summed E-state index contributed by atoms with van der Waals surface area (Å²) in [5.74, 6) is -1.15. The Morgan fingerprint density at radius 3 is 2.29 bits per heavy atom. The van der Waals surface area contributed by atoms with Gasteiger partial charge in [0, 0.05) is 0 Å². The highest BCUT2D eigenvalue weighted by Gasteiger charge is 2.15. The van der Waals surface area contributed by atoms with Crippen LogP contribution in [0.4, 0.5) is 4.39 Å². The van der Waals surface area contributed by atoms with Crippen molar-refractivity contribution in [3.63, 3.8) is 0 Å². The smallest absolute Gasteiger partial charge is 0.267 e. The molecule has 0 saturated carbocycles. The fourth-order valence-corrected chi connectivity index (χ4v) is 2.49. The van der Waals surface area contributed by atoms with E-state index in [0.29, 0.717) is 11.3 Å². The first kappa shape index (κ1) is 17.9. The molecule has 0 aromatic heterocycles. The van der Waals surface area contributed by atoms with Crippen LogP contribution in [0.1, 0.15) is 28.4 Å². The van der Waals surface area contributed by atoms with Gasteiger partial charge in [0.15, 0.2) is 0 Å². The van der Waals surface area contributed by atoms with Gasteiger partial charge in [0.1, 0.15) is 18.2 Å². The number of carbonyl (C=O) groups excluding carboxylic acids is 1. The summed E-state index contributed by atoms with van der Waals surface area (Å²) in [5, 5.41) is 0. The molecule has 0 atom stereocenters. The number of hydrogen-bond donors (Lipinski definition) is 1. The standard InChI is InChI=1S/C17H18FNO4S/c1-3-12-4-7-14(8-5-12)23-11-13-6-9-15(16(18)10-13)17(20)19-24(2,21)22/h4-10H,3,11H2,1-2H3,(H,19,20). The molecule has 0 bridgehead atoms. The maximum absolute atomic E-state index is 14.0. The molecule has 24 heavy (non-hydrogen) atoms. The van der Waals surface area contributed by atoms with E-state index >= 15 is 0 Å². The number of rotatable bonds is 6. The molecular weight excluding hydrogens is 333 g/mol. The Morgan fingerprint density at radius 2 is 1.75 bits per heavy atom. The van der Waals surface area contributed by atoms with E-state index in [1.54, 1.807) is 4.72 Å². The summed E-state index contributed by atoms with van der Waals surface area (Å²) in [6.45, 7) is 2.19.